The van der Waals surface area contributed by atoms with Gasteiger partial charge in [-0.15, -0.1) is 3.71 Å². The van der Waals surface area contributed by atoms with Crippen LogP contribution in [-0.4, -0.2) is 60.5 Å². The van der Waals surface area contributed by atoms with Crippen molar-refractivity contribution in [2.45, 2.75) is 44.6 Å². The van der Waals surface area contributed by atoms with Gasteiger partial charge in [0.05, 0.1) is 36.0 Å². The molecule has 172 valence electrons. The predicted octanol–water partition coefficient (Wildman–Crippen LogP) is 2.33. The number of H-pyrrole nitrogens is 1. The molecule has 1 saturated carbocycles. The monoisotopic (exact) mass is 479 g/mol. The summed E-state index contributed by atoms with van der Waals surface area (Å²) in [6, 6.07) is 3.17. The zero-order valence-electron chi connectivity index (χ0n) is 17.8. The van der Waals surface area contributed by atoms with Gasteiger partial charge in [0.1, 0.15) is 0 Å². The molecule has 3 aromatic rings. The Balaban J connectivity index is 1.77. The zero-order valence-corrected chi connectivity index (χ0v) is 19.5. The van der Waals surface area contributed by atoms with E-state index in [9.17, 15) is 16.8 Å². The van der Waals surface area contributed by atoms with Gasteiger partial charge in [-0.25, -0.2) is 26.8 Å². The number of rotatable bonds is 6. The molecule has 1 aliphatic carbocycles. The molecule has 3 heterocycles. The molecule has 0 amide bonds. The normalized spacial score (nSPS) is 16.1. The Morgan fingerprint density at radius 1 is 0.906 bits per heavy atom. The first-order valence-corrected chi connectivity index (χ1v) is 14.0. The number of pyridine rings is 1. The third kappa shape index (κ3) is 4.67. The Morgan fingerprint density at radius 3 is 2.19 bits per heavy atom. The lowest BCUT2D eigenvalue weighted by atomic mass is 10.1. The summed E-state index contributed by atoms with van der Waals surface area (Å²) >= 11 is 0. The van der Waals surface area contributed by atoms with Crippen molar-refractivity contribution < 1.29 is 16.8 Å². The molecule has 0 radical (unpaired) electrons. The molecule has 0 bridgehead atoms. The Bertz CT molecular complexity index is 1270. The molecule has 0 aromatic carbocycles. The van der Waals surface area contributed by atoms with Gasteiger partial charge in [-0.2, -0.15) is 10.1 Å². The van der Waals surface area contributed by atoms with Crippen LogP contribution in [0, 0.1) is 0 Å². The first kappa shape index (κ1) is 22.4. The van der Waals surface area contributed by atoms with Crippen LogP contribution in [0.4, 0.5) is 17.5 Å². The SMILES string of the molecule is CS(=O)(=O)N(c1ccc(N(c2ncc3cn[nH]c3n2)C2CCCCCC2)cn1)S(C)(=O)=O. The molecule has 1 aliphatic rings. The molecule has 11 nitrogen and oxygen atoms in total. The van der Waals surface area contributed by atoms with Crippen molar-refractivity contribution in [2.75, 3.05) is 21.1 Å². The smallest absolute Gasteiger partial charge is 0.246 e. The second-order valence-corrected chi connectivity index (χ2v) is 11.9. The summed E-state index contributed by atoms with van der Waals surface area (Å²) in [5, 5.41) is 7.65. The minimum atomic E-state index is -4.07. The van der Waals surface area contributed by atoms with E-state index in [-0.39, 0.29) is 11.9 Å². The molecule has 0 spiro atoms. The fourth-order valence-electron chi connectivity index (χ4n) is 4.06. The summed E-state index contributed by atoms with van der Waals surface area (Å²) in [7, 11) is -8.14. The van der Waals surface area contributed by atoms with Gasteiger partial charge < -0.3 is 4.90 Å². The Morgan fingerprint density at radius 2 is 1.59 bits per heavy atom. The molecule has 13 heteroatoms. The molecule has 32 heavy (non-hydrogen) atoms. The van der Waals surface area contributed by atoms with Gasteiger partial charge in [-0.3, -0.25) is 5.10 Å². The fraction of sp³-hybridized carbons (Fsp3) is 0.474. The minimum Gasteiger partial charge on any atom is -0.306 e. The molecule has 4 rings (SSSR count). The molecule has 0 atom stereocenters. The van der Waals surface area contributed by atoms with E-state index in [4.69, 9.17) is 0 Å². The number of anilines is 3. The van der Waals surface area contributed by atoms with Gasteiger partial charge in [-0.05, 0) is 25.0 Å². The summed E-state index contributed by atoms with van der Waals surface area (Å²) in [6.07, 6.45) is 12.9. The number of sulfonamides is 2. The number of nitrogens with one attached hydrogen (secondary N) is 1. The highest BCUT2D eigenvalue weighted by Gasteiger charge is 2.30. The summed E-state index contributed by atoms with van der Waals surface area (Å²) in [6.45, 7) is 0. The largest absolute Gasteiger partial charge is 0.306 e. The standard InChI is InChI=1S/C19H25N7O4S2/c1-31(27,28)26(32(2,29)30)17-10-9-16(13-20-17)25(15-7-5-3-4-6-8-15)19-21-11-14-12-22-24-18(14)23-19/h9-13,15H,3-8H2,1-2H3,(H,21,22,23,24). The summed E-state index contributed by atoms with van der Waals surface area (Å²) in [5.74, 6) is 0.288. The molecular weight excluding hydrogens is 454 g/mol. The van der Waals surface area contributed by atoms with Crippen LogP contribution in [0.2, 0.25) is 0 Å². The van der Waals surface area contributed by atoms with E-state index < -0.39 is 20.0 Å². The minimum absolute atomic E-state index is 0.131. The number of nitrogens with zero attached hydrogens (tertiary/aromatic N) is 6. The average molecular weight is 480 g/mol. The average Bonchev–Trinajstić information content (AvgIpc) is 3.01. The van der Waals surface area contributed by atoms with Crippen LogP contribution in [-0.2, 0) is 20.0 Å². The highest BCUT2D eigenvalue weighted by Crippen LogP contribution is 2.33. The van der Waals surface area contributed by atoms with E-state index in [0.717, 1.165) is 43.6 Å². The molecule has 1 fully saturated rings. The second-order valence-electron chi connectivity index (χ2n) is 7.96. The van der Waals surface area contributed by atoms with Gasteiger partial charge in [-0.1, -0.05) is 25.7 Å². The Labute approximate surface area is 187 Å². The zero-order chi connectivity index (χ0) is 22.9. The van der Waals surface area contributed by atoms with Crippen molar-refractivity contribution in [3.05, 3.63) is 30.7 Å². The molecule has 0 saturated heterocycles. The number of hydrogen-bond acceptors (Lipinski definition) is 9. The summed E-state index contributed by atoms with van der Waals surface area (Å²) in [4.78, 5) is 15.3. The summed E-state index contributed by atoms with van der Waals surface area (Å²) in [5.41, 5.74) is 1.26. The highest BCUT2D eigenvalue weighted by molar-refractivity contribution is 8.09. The number of hydrogen-bond donors (Lipinski definition) is 1. The van der Waals surface area contributed by atoms with Crippen molar-refractivity contribution in [3.63, 3.8) is 0 Å². The van der Waals surface area contributed by atoms with Crippen molar-refractivity contribution in [2.24, 2.45) is 0 Å². The van der Waals surface area contributed by atoms with Crippen molar-refractivity contribution in [1.29, 1.82) is 0 Å². The van der Waals surface area contributed by atoms with Crippen LogP contribution < -0.4 is 8.61 Å². The van der Waals surface area contributed by atoms with Crippen LogP contribution >= 0.6 is 0 Å². The molecule has 1 N–H and O–H groups in total. The number of fused-ring (bicyclic) bond motifs is 1. The van der Waals surface area contributed by atoms with E-state index in [1.54, 1.807) is 18.5 Å². The van der Waals surface area contributed by atoms with Gasteiger partial charge in [0.15, 0.2) is 11.5 Å². The predicted molar refractivity (Wildman–Crippen MR) is 122 cm³/mol. The number of aromatic amines is 1. The highest BCUT2D eigenvalue weighted by atomic mass is 32.3. The molecule has 0 aliphatic heterocycles. The van der Waals surface area contributed by atoms with Gasteiger partial charge >= 0.3 is 0 Å². The van der Waals surface area contributed by atoms with Gasteiger partial charge in [0.2, 0.25) is 26.0 Å². The van der Waals surface area contributed by atoms with E-state index in [0.29, 0.717) is 21.0 Å². The summed E-state index contributed by atoms with van der Waals surface area (Å²) < 4.78 is 48.6. The third-order valence-electron chi connectivity index (χ3n) is 5.38. The quantitative estimate of drug-likeness (QED) is 0.527. The second kappa shape index (κ2) is 8.62. The maximum Gasteiger partial charge on any atom is 0.246 e. The maximum atomic E-state index is 12.1. The van der Waals surface area contributed by atoms with Crippen molar-refractivity contribution in [1.82, 2.24) is 25.1 Å². The fourth-order valence-corrected chi connectivity index (χ4v) is 6.93. The van der Waals surface area contributed by atoms with Crippen LogP contribution in [0.25, 0.3) is 11.0 Å². The van der Waals surface area contributed by atoms with E-state index in [1.807, 2.05) is 4.90 Å². The topological polar surface area (TPSA) is 142 Å². The van der Waals surface area contributed by atoms with Crippen LogP contribution in [0.3, 0.4) is 0 Å². The van der Waals surface area contributed by atoms with E-state index in [2.05, 4.69) is 25.1 Å². The lowest BCUT2D eigenvalue weighted by Gasteiger charge is -2.31. The van der Waals surface area contributed by atoms with Crippen LogP contribution in [0.1, 0.15) is 38.5 Å². The molecule has 3 aromatic heterocycles. The molecular formula is C19H25N7O4S2. The van der Waals surface area contributed by atoms with E-state index >= 15 is 0 Å². The van der Waals surface area contributed by atoms with Crippen LogP contribution in [0.5, 0.6) is 0 Å². The van der Waals surface area contributed by atoms with Crippen molar-refractivity contribution in [3.8, 4) is 0 Å². The lowest BCUT2D eigenvalue weighted by Crippen LogP contribution is -2.36. The molecule has 0 unspecified atom stereocenters. The Hall–Kier alpha value is -2.80. The first-order chi connectivity index (χ1) is 15.1. The van der Waals surface area contributed by atoms with Gasteiger partial charge in [0.25, 0.3) is 0 Å². The Kier molecular flexibility index (Phi) is 6.03. The van der Waals surface area contributed by atoms with E-state index in [1.165, 1.54) is 25.1 Å². The number of aromatic nitrogens is 5. The lowest BCUT2D eigenvalue weighted by molar-refractivity contribution is 0.561. The third-order valence-corrected chi connectivity index (χ3v) is 8.59. The van der Waals surface area contributed by atoms with Crippen molar-refractivity contribution >= 4 is 48.5 Å². The van der Waals surface area contributed by atoms with Crippen LogP contribution in [0.15, 0.2) is 30.7 Å². The first-order valence-electron chi connectivity index (χ1n) is 10.3. The van der Waals surface area contributed by atoms with Gasteiger partial charge in [0, 0.05) is 12.2 Å². The maximum absolute atomic E-state index is 12.1.